The van der Waals surface area contributed by atoms with Crippen molar-refractivity contribution in [3.8, 4) is 0 Å². The Labute approximate surface area is 242 Å². The van der Waals surface area contributed by atoms with Gasteiger partial charge in [-0.1, -0.05) is 12.1 Å². The number of piperazine rings is 1. The third-order valence-corrected chi connectivity index (χ3v) is 9.08. The Balaban J connectivity index is 1.19. The van der Waals surface area contributed by atoms with Gasteiger partial charge in [0.1, 0.15) is 5.65 Å². The van der Waals surface area contributed by atoms with E-state index in [0.717, 1.165) is 49.1 Å². The van der Waals surface area contributed by atoms with E-state index in [1.54, 1.807) is 10.8 Å². The zero-order chi connectivity index (χ0) is 28.8. The molecule has 7 rings (SSSR count). The Bertz CT molecular complexity index is 1640. The summed E-state index contributed by atoms with van der Waals surface area (Å²) in [4.78, 5) is 32.2. The fourth-order valence-electron chi connectivity index (χ4n) is 6.72. The Kier molecular flexibility index (Phi) is 7.02. The number of benzene rings is 1. The maximum absolute atomic E-state index is 14.1. The number of hydrogen-bond donors (Lipinski definition) is 2. The van der Waals surface area contributed by atoms with Crippen LogP contribution in [0, 0.1) is 0 Å². The highest BCUT2D eigenvalue weighted by molar-refractivity contribution is 6.04. The highest BCUT2D eigenvalue weighted by atomic mass is 19.3. The number of pyridine rings is 2. The average molecular weight is 576 g/mol. The number of aliphatic hydroxyl groups excluding tert-OH is 1. The van der Waals surface area contributed by atoms with Gasteiger partial charge in [0.2, 0.25) is 5.95 Å². The van der Waals surface area contributed by atoms with Gasteiger partial charge in [-0.15, -0.1) is 0 Å². The van der Waals surface area contributed by atoms with Crippen LogP contribution in [0.2, 0.25) is 0 Å². The molecule has 3 aliphatic rings. The van der Waals surface area contributed by atoms with E-state index < -0.39 is 12.0 Å². The average Bonchev–Trinajstić information content (AvgIpc) is 2.98. The minimum atomic E-state index is -2.65. The molecule has 2 aliphatic carbocycles. The number of hydrogen-bond acceptors (Lipinski definition) is 8. The first kappa shape index (κ1) is 27.2. The molecule has 42 heavy (non-hydrogen) atoms. The topological polar surface area (TPSA) is 99.4 Å². The van der Waals surface area contributed by atoms with Crippen molar-refractivity contribution >= 4 is 33.4 Å². The molecular weight excluding hydrogens is 540 g/mol. The molecule has 1 saturated heterocycles. The summed E-state index contributed by atoms with van der Waals surface area (Å²) >= 11 is 0. The summed E-state index contributed by atoms with van der Waals surface area (Å²) in [6.45, 7) is 4.44. The van der Waals surface area contributed by atoms with Crippen LogP contribution in [-0.4, -0.2) is 73.8 Å². The van der Waals surface area contributed by atoms with Crippen LogP contribution in [0.3, 0.4) is 0 Å². The van der Waals surface area contributed by atoms with Crippen molar-refractivity contribution in [2.24, 2.45) is 0 Å². The molecule has 0 amide bonds. The lowest BCUT2D eigenvalue weighted by atomic mass is 9.88. The molecular formula is C31H35F2N7O2. The van der Waals surface area contributed by atoms with E-state index in [4.69, 9.17) is 4.98 Å². The first-order valence-corrected chi connectivity index (χ1v) is 14.9. The fourth-order valence-corrected chi connectivity index (χ4v) is 6.72. The molecule has 0 radical (unpaired) electrons. The normalized spacial score (nSPS) is 23.3. The lowest BCUT2D eigenvalue weighted by Gasteiger charge is -2.36. The van der Waals surface area contributed by atoms with Gasteiger partial charge in [-0.05, 0) is 54.8 Å². The van der Waals surface area contributed by atoms with Gasteiger partial charge in [0.05, 0.1) is 6.10 Å². The van der Waals surface area contributed by atoms with E-state index in [-0.39, 0.29) is 36.5 Å². The van der Waals surface area contributed by atoms with Crippen molar-refractivity contribution in [3.05, 3.63) is 64.8 Å². The monoisotopic (exact) mass is 575 g/mol. The molecule has 0 spiro atoms. The number of aliphatic hydroxyl groups is 1. The number of aromatic nitrogens is 4. The molecule has 0 atom stereocenters. The standard InChI is InChI=1S/C31H35F2N7O2/c32-31(33)16-21(17-31)36-30-35-18-27-25-6-1-20(19-38-11-13-39(14-12-38)22-7-9-34-10-8-22)15-26(25)29(42)40(28(27)37-30)23-2-4-24(41)5-3-23/h1,6-10,15,18,21,23-24,41H,2-5,11-14,16-17,19H2,(H,35,36,37). The number of alkyl halides is 2. The second-order valence-electron chi connectivity index (χ2n) is 12.0. The maximum Gasteiger partial charge on any atom is 0.260 e. The van der Waals surface area contributed by atoms with Gasteiger partial charge in [-0.2, -0.15) is 4.98 Å². The number of rotatable bonds is 6. The van der Waals surface area contributed by atoms with Crippen molar-refractivity contribution in [3.63, 3.8) is 0 Å². The van der Waals surface area contributed by atoms with Crippen molar-refractivity contribution in [2.75, 3.05) is 36.4 Å². The summed E-state index contributed by atoms with van der Waals surface area (Å²) < 4.78 is 28.6. The number of anilines is 2. The molecule has 220 valence electrons. The Morgan fingerprint density at radius 3 is 2.40 bits per heavy atom. The smallest absolute Gasteiger partial charge is 0.260 e. The number of fused-ring (bicyclic) bond motifs is 3. The largest absolute Gasteiger partial charge is 0.393 e. The quantitative estimate of drug-likeness (QED) is 0.328. The van der Waals surface area contributed by atoms with Crippen LogP contribution in [0.5, 0.6) is 0 Å². The van der Waals surface area contributed by atoms with Crippen LogP contribution < -0.4 is 15.8 Å². The van der Waals surface area contributed by atoms with Crippen molar-refractivity contribution in [2.45, 2.75) is 69.2 Å². The van der Waals surface area contributed by atoms with Crippen LogP contribution >= 0.6 is 0 Å². The predicted octanol–water partition coefficient (Wildman–Crippen LogP) is 4.35. The second kappa shape index (κ2) is 10.9. The zero-order valence-electron chi connectivity index (χ0n) is 23.4. The molecule has 0 unspecified atom stereocenters. The lowest BCUT2D eigenvalue weighted by molar-refractivity contribution is -0.0794. The van der Waals surface area contributed by atoms with Gasteiger partial charge >= 0.3 is 0 Å². The molecule has 2 N–H and O–H groups in total. The van der Waals surface area contributed by atoms with E-state index in [1.165, 1.54) is 5.69 Å². The van der Waals surface area contributed by atoms with Gasteiger partial charge in [0.25, 0.3) is 11.5 Å². The van der Waals surface area contributed by atoms with E-state index in [9.17, 15) is 18.7 Å². The van der Waals surface area contributed by atoms with E-state index in [1.807, 2.05) is 36.7 Å². The van der Waals surface area contributed by atoms with Gasteiger partial charge in [0.15, 0.2) is 0 Å². The molecule has 0 bridgehead atoms. The zero-order valence-corrected chi connectivity index (χ0v) is 23.4. The lowest BCUT2D eigenvalue weighted by Crippen LogP contribution is -2.45. The van der Waals surface area contributed by atoms with Gasteiger partial charge in [-0.25, -0.2) is 13.8 Å². The highest BCUT2D eigenvalue weighted by Gasteiger charge is 2.45. The summed E-state index contributed by atoms with van der Waals surface area (Å²) in [5.74, 6) is -2.39. The Hall–Kier alpha value is -3.70. The predicted molar refractivity (Wildman–Crippen MR) is 158 cm³/mol. The van der Waals surface area contributed by atoms with Gasteiger partial charge in [0, 0.05) is 92.7 Å². The van der Waals surface area contributed by atoms with Crippen molar-refractivity contribution < 1.29 is 13.9 Å². The molecule has 3 aromatic heterocycles. The van der Waals surface area contributed by atoms with Gasteiger partial charge in [-0.3, -0.25) is 19.2 Å². The molecule has 11 heteroatoms. The molecule has 4 heterocycles. The fraction of sp³-hybridized carbons (Fsp3) is 0.484. The Morgan fingerprint density at radius 1 is 0.952 bits per heavy atom. The first-order valence-electron chi connectivity index (χ1n) is 14.9. The molecule has 2 saturated carbocycles. The second-order valence-corrected chi connectivity index (χ2v) is 12.0. The third-order valence-electron chi connectivity index (χ3n) is 9.08. The molecule has 3 fully saturated rings. The van der Waals surface area contributed by atoms with E-state index in [0.29, 0.717) is 36.7 Å². The third kappa shape index (κ3) is 5.31. The van der Waals surface area contributed by atoms with E-state index in [2.05, 4.69) is 31.2 Å². The maximum atomic E-state index is 14.1. The molecule has 9 nitrogen and oxygen atoms in total. The van der Waals surface area contributed by atoms with E-state index >= 15 is 0 Å². The van der Waals surface area contributed by atoms with Crippen LogP contribution in [-0.2, 0) is 6.54 Å². The van der Waals surface area contributed by atoms with Crippen LogP contribution in [0.15, 0.2) is 53.7 Å². The summed E-state index contributed by atoms with van der Waals surface area (Å²) in [6, 6.07) is 9.64. The molecule has 1 aromatic carbocycles. The van der Waals surface area contributed by atoms with Crippen LogP contribution in [0.25, 0.3) is 21.8 Å². The van der Waals surface area contributed by atoms with Crippen molar-refractivity contribution in [1.29, 1.82) is 0 Å². The summed E-state index contributed by atoms with van der Waals surface area (Å²) in [5.41, 5.74) is 2.66. The van der Waals surface area contributed by atoms with Crippen molar-refractivity contribution in [1.82, 2.24) is 24.4 Å². The minimum absolute atomic E-state index is 0.103. The summed E-state index contributed by atoms with van der Waals surface area (Å²) in [6.07, 6.45) is 7.07. The molecule has 1 aliphatic heterocycles. The summed E-state index contributed by atoms with van der Waals surface area (Å²) in [5, 5.41) is 15.3. The van der Waals surface area contributed by atoms with Gasteiger partial charge < -0.3 is 15.3 Å². The number of halogens is 2. The Morgan fingerprint density at radius 2 is 1.69 bits per heavy atom. The number of nitrogens with zero attached hydrogens (tertiary/aromatic N) is 6. The summed E-state index contributed by atoms with van der Waals surface area (Å²) in [7, 11) is 0. The number of nitrogens with one attached hydrogen (secondary N) is 1. The van der Waals surface area contributed by atoms with Crippen LogP contribution in [0.4, 0.5) is 20.4 Å². The first-order chi connectivity index (χ1) is 20.3. The SMILES string of the molecule is O=c1c2cc(CN3CCN(c4ccncc4)CC3)ccc2c2cnc(NC3CC(F)(F)C3)nc2n1C1CCC(O)CC1. The minimum Gasteiger partial charge on any atom is -0.393 e. The molecule has 4 aromatic rings. The van der Waals surface area contributed by atoms with Crippen LogP contribution in [0.1, 0.15) is 50.1 Å². The highest BCUT2D eigenvalue weighted by Crippen LogP contribution is 2.39.